The lowest BCUT2D eigenvalue weighted by Crippen LogP contribution is -2.35. The molecule has 8 nitrogen and oxygen atoms in total. The molecule has 0 atom stereocenters. The van der Waals surface area contributed by atoms with Crippen molar-refractivity contribution in [1.82, 2.24) is 14.5 Å². The zero-order chi connectivity index (χ0) is 24.4. The number of aromatic hydroxyl groups is 1. The van der Waals surface area contributed by atoms with Crippen LogP contribution in [0, 0.1) is 0 Å². The number of ether oxygens (including phenoxy) is 1. The molecule has 35 heavy (non-hydrogen) atoms. The molecule has 2 aromatic carbocycles. The number of rotatable bonds is 6. The summed E-state index contributed by atoms with van der Waals surface area (Å²) in [6.07, 6.45) is 3.34. The first-order chi connectivity index (χ1) is 17.0. The molecule has 3 heterocycles. The molecule has 0 bridgehead atoms. The van der Waals surface area contributed by atoms with Crippen molar-refractivity contribution in [2.75, 3.05) is 26.3 Å². The average Bonchev–Trinajstić information content (AvgIpc) is 3.14. The summed E-state index contributed by atoms with van der Waals surface area (Å²) in [4.78, 5) is 23.0. The van der Waals surface area contributed by atoms with E-state index in [2.05, 4.69) is 22.0 Å². The SMILES string of the molecule is Cn1c(O)c(C(=Nc2ccc(CN3CCOCC3)cc2)c2ccncc2)c2cc(C(=O)O)ccc21. The number of nitrogens with zero attached hydrogens (tertiary/aromatic N) is 4. The van der Waals surface area contributed by atoms with E-state index in [0.717, 1.165) is 44.1 Å². The van der Waals surface area contributed by atoms with Gasteiger partial charge in [0, 0.05) is 50.0 Å². The minimum Gasteiger partial charge on any atom is -0.494 e. The van der Waals surface area contributed by atoms with Crippen LogP contribution in [0.15, 0.2) is 72.0 Å². The number of hydrogen-bond acceptors (Lipinski definition) is 6. The molecule has 0 radical (unpaired) electrons. The topological polar surface area (TPSA) is 100 Å². The first-order valence-electron chi connectivity index (χ1n) is 11.4. The van der Waals surface area contributed by atoms with Crippen LogP contribution in [-0.4, -0.2) is 62.6 Å². The molecule has 4 aromatic rings. The van der Waals surface area contributed by atoms with Gasteiger partial charge < -0.3 is 19.5 Å². The van der Waals surface area contributed by atoms with E-state index in [4.69, 9.17) is 9.73 Å². The molecule has 178 valence electrons. The Labute approximate surface area is 202 Å². The van der Waals surface area contributed by atoms with Gasteiger partial charge in [-0.3, -0.25) is 9.88 Å². The Kier molecular flexibility index (Phi) is 6.31. The van der Waals surface area contributed by atoms with E-state index in [1.165, 1.54) is 11.6 Å². The fraction of sp³-hybridized carbons (Fsp3) is 0.222. The van der Waals surface area contributed by atoms with Gasteiger partial charge in [-0.1, -0.05) is 12.1 Å². The number of morpholine rings is 1. The van der Waals surface area contributed by atoms with Crippen LogP contribution in [0.5, 0.6) is 5.88 Å². The Bertz CT molecular complexity index is 1390. The van der Waals surface area contributed by atoms with Gasteiger partial charge in [-0.05, 0) is 48.0 Å². The largest absolute Gasteiger partial charge is 0.494 e. The monoisotopic (exact) mass is 470 g/mol. The van der Waals surface area contributed by atoms with Crippen LogP contribution in [0.2, 0.25) is 0 Å². The number of carboxylic acids is 1. The van der Waals surface area contributed by atoms with Crippen LogP contribution in [0.3, 0.4) is 0 Å². The smallest absolute Gasteiger partial charge is 0.335 e. The Morgan fingerprint density at radius 2 is 1.74 bits per heavy atom. The molecule has 0 amide bonds. The van der Waals surface area contributed by atoms with E-state index in [1.807, 2.05) is 24.3 Å². The molecule has 5 rings (SSSR count). The van der Waals surface area contributed by atoms with Gasteiger partial charge in [0.05, 0.1) is 41.3 Å². The maximum Gasteiger partial charge on any atom is 0.335 e. The van der Waals surface area contributed by atoms with Crippen LogP contribution in [0.4, 0.5) is 5.69 Å². The van der Waals surface area contributed by atoms with Gasteiger partial charge in [0.15, 0.2) is 0 Å². The van der Waals surface area contributed by atoms with Crippen LogP contribution in [-0.2, 0) is 18.3 Å². The number of hydrogen-bond donors (Lipinski definition) is 2. The molecule has 0 saturated carbocycles. The predicted octanol–water partition coefficient (Wildman–Crippen LogP) is 3.98. The van der Waals surface area contributed by atoms with Crippen molar-refractivity contribution in [2.24, 2.45) is 12.0 Å². The summed E-state index contributed by atoms with van der Waals surface area (Å²) in [6.45, 7) is 4.22. The average molecular weight is 471 g/mol. The van der Waals surface area contributed by atoms with Crippen molar-refractivity contribution in [1.29, 1.82) is 0 Å². The van der Waals surface area contributed by atoms with Gasteiger partial charge in [0.1, 0.15) is 0 Å². The number of pyridine rings is 1. The van der Waals surface area contributed by atoms with E-state index in [9.17, 15) is 15.0 Å². The summed E-state index contributed by atoms with van der Waals surface area (Å²) in [7, 11) is 1.74. The molecule has 0 spiro atoms. The molecule has 2 aromatic heterocycles. The van der Waals surface area contributed by atoms with Gasteiger partial charge in [-0.2, -0.15) is 0 Å². The zero-order valence-electron chi connectivity index (χ0n) is 19.4. The predicted molar refractivity (Wildman–Crippen MR) is 134 cm³/mol. The van der Waals surface area contributed by atoms with E-state index in [0.29, 0.717) is 22.2 Å². The van der Waals surface area contributed by atoms with Gasteiger partial charge >= 0.3 is 5.97 Å². The first-order valence-corrected chi connectivity index (χ1v) is 11.4. The van der Waals surface area contributed by atoms with Crippen LogP contribution >= 0.6 is 0 Å². The Morgan fingerprint density at radius 1 is 1.03 bits per heavy atom. The third-order valence-electron chi connectivity index (χ3n) is 6.29. The number of benzene rings is 2. The Hall–Kier alpha value is -4.01. The molecule has 1 fully saturated rings. The molecular weight excluding hydrogens is 444 g/mol. The van der Waals surface area contributed by atoms with E-state index >= 15 is 0 Å². The number of aromatic nitrogens is 2. The summed E-state index contributed by atoms with van der Waals surface area (Å²) in [5.74, 6) is -1.01. The molecule has 1 saturated heterocycles. The minimum atomic E-state index is -1.03. The summed E-state index contributed by atoms with van der Waals surface area (Å²) in [5.41, 5.74) is 4.56. The fourth-order valence-electron chi connectivity index (χ4n) is 4.39. The van der Waals surface area contributed by atoms with Crippen molar-refractivity contribution in [3.63, 3.8) is 0 Å². The van der Waals surface area contributed by atoms with Gasteiger partial charge in [-0.15, -0.1) is 0 Å². The summed E-state index contributed by atoms with van der Waals surface area (Å²) >= 11 is 0. The number of fused-ring (bicyclic) bond motifs is 1. The number of aromatic carboxylic acids is 1. The Balaban J connectivity index is 1.59. The maximum absolute atomic E-state index is 11.6. The molecule has 0 aliphatic carbocycles. The highest BCUT2D eigenvalue weighted by Gasteiger charge is 2.22. The maximum atomic E-state index is 11.6. The highest BCUT2D eigenvalue weighted by Crippen LogP contribution is 2.34. The minimum absolute atomic E-state index is 0.0158. The Morgan fingerprint density at radius 3 is 2.43 bits per heavy atom. The zero-order valence-corrected chi connectivity index (χ0v) is 19.4. The summed E-state index contributed by atoms with van der Waals surface area (Å²) in [5, 5.41) is 21.2. The van der Waals surface area contributed by atoms with Crippen LogP contribution in [0.1, 0.15) is 27.0 Å². The van der Waals surface area contributed by atoms with Gasteiger partial charge in [0.2, 0.25) is 5.88 Å². The lowest BCUT2D eigenvalue weighted by Gasteiger charge is -2.26. The van der Waals surface area contributed by atoms with Crippen molar-refractivity contribution < 1.29 is 19.7 Å². The van der Waals surface area contributed by atoms with Crippen molar-refractivity contribution in [2.45, 2.75) is 6.54 Å². The van der Waals surface area contributed by atoms with E-state index in [1.54, 1.807) is 36.1 Å². The lowest BCUT2D eigenvalue weighted by atomic mass is 10.0. The van der Waals surface area contributed by atoms with Crippen LogP contribution < -0.4 is 0 Å². The third kappa shape index (κ3) is 4.66. The molecular formula is C27H26N4O4. The normalized spacial score (nSPS) is 14.9. The molecule has 8 heteroatoms. The van der Waals surface area contributed by atoms with Gasteiger partial charge in [-0.25, -0.2) is 9.79 Å². The molecule has 1 aliphatic heterocycles. The van der Waals surface area contributed by atoms with Gasteiger partial charge in [0.25, 0.3) is 0 Å². The number of aryl methyl sites for hydroxylation is 1. The first kappa shape index (κ1) is 22.8. The van der Waals surface area contributed by atoms with Crippen molar-refractivity contribution in [3.8, 4) is 5.88 Å². The second-order valence-electron chi connectivity index (χ2n) is 8.55. The summed E-state index contributed by atoms with van der Waals surface area (Å²) < 4.78 is 7.07. The summed E-state index contributed by atoms with van der Waals surface area (Å²) in [6, 6.07) is 16.5. The number of carboxylic acid groups (broad SMARTS) is 1. The van der Waals surface area contributed by atoms with Crippen LogP contribution in [0.25, 0.3) is 10.9 Å². The number of aliphatic imine (C=N–C) groups is 1. The molecule has 1 aliphatic rings. The second-order valence-corrected chi connectivity index (χ2v) is 8.55. The standard InChI is InChI=1S/C27H26N4O4/c1-30-23-7-4-20(27(33)34)16-22(23)24(26(30)32)25(19-8-10-28-11-9-19)29-21-5-2-18(3-6-21)17-31-12-14-35-15-13-31/h2-11,16,32H,12-15,17H2,1H3,(H,33,34). The molecule has 2 N–H and O–H groups in total. The highest BCUT2D eigenvalue weighted by molar-refractivity contribution is 6.22. The van der Waals surface area contributed by atoms with Crippen molar-refractivity contribution >= 4 is 28.3 Å². The fourth-order valence-corrected chi connectivity index (χ4v) is 4.39. The van der Waals surface area contributed by atoms with E-state index in [-0.39, 0.29) is 11.4 Å². The lowest BCUT2D eigenvalue weighted by molar-refractivity contribution is 0.0342. The number of carbonyl (C=O) groups is 1. The second kappa shape index (κ2) is 9.69. The quantitative estimate of drug-likeness (QED) is 0.414. The van der Waals surface area contributed by atoms with Crippen molar-refractivity contribution in [3.05, 3.63) is 89.2 Å². The van der Waals surface area contributed by atoms with E-state index < -0.39 is 5.97 Å². The molecule has 0 unspecified atom stereocenters. The highest BCUT2D eigenvalue weighted by atomic mass is 16.5. The third-order valence-corrected chi connectivity index (χ3v) is 6.29.